The average molecular weight is 268 g/mol. The standard InChI is InChI=1S/C2H6O.2K.H4O5P2/c1-2-3;;;1-6(2)5-7(3)4/h3H,2H2,1H3;;;6-7H,(H,1,2)(H,3,4)/q;2*+1;/p-2. The minimum absolute atomic E-state index is 0. The minimum atomic E-state index is -3.51. The van der Waals surface area contributed by atoms with Crippen molar-refractivity contribution in [1.29, 1.82) is 0 Å². The Morgan fingerprint density at radius 2 is 1.42 bits per heavy atom. The fourth-order valence-corrected chi connectivity index (χ4v) is 0.612. The van der Waals surface area contributed by atoms with E-state index in [4.69, 9.17) is 5.11 Å². The third kappa shape index (κ3) is 37.4. The van der Waals surface area contributed by atoms with Gasteiger partial charge in [-0.3, -0.25) is 4.31 Å². The fourth-order valence-electron chi connectivity index (χ4n) is 0.0680. The first-order chi connectivity index (χ1) is 4.54. The van der Waals surface area contributed by atoms with Crippen molar-refractivity contribution in [2.24, 2.45) is 0 Å². The minimum Gasteiger partial charge on any atom is -0.781 e. The molecule has 0 fully saturated rings. The molecule has 0 saturated carbocycles. The van der Waals surface area contributed by atoms with Crippen LogP contribution in [0.3, 0.4) is 0 Å². The molecule has 0 aromatic carbocycles. The van der Waals surface area contributed by atoms with Crippen molar-refractivity contribution < 1.29 is 131 Å². The van der Waals surface area contributed by atoms with E-state index in [0.29, 0.717) is 0 Å². The van der Waals surface area contributed by atoms with Crippen molar-refractivity contribution in [2.45, 2.75) is 6.92 Å². The van der Waals surface area contributed by atoms with Gasteiger partial charge in [0.15, 0.2) is 0 Å². The SMILES string of the molecule is CCO.O=[PH]([O-])O[PH](=O)[O-].[K+].[K+]. The summed E-state index contributed by atoms with van der Waals surface area (Å²) in [6.45, 7) is 1.93. The normalized spacial score (nSPS) is 12.3. The summed E-state index contributed by atoms with van der Waals surface area (Å²) in [5.74, 6) is 0. The molecule has 0 aliphatic carbocycles. The fraction of sp³-hybridized carbons (Fsp3) is 1.00. The summed E-state index contributed by atoms with van der Waals surface area (Å²) in [4.78, 5) is 18.6. The zero-order valence-electron chi connectivity index (χ0n) is 7.20. The van der Waals surface area contributed by atoms with Gasteiger partial charge in [-0.25, -0.2) is 0 Å². The smallest absolute Gasteiger partial charge is 0.781 e. The maximum atomic E-state index is 9.29. The predicted octanol–water partition coefficient (Wildman–Crippen LogP) is -7.49. The first-order valence-electron chi connectivity index (χ1n) is 2.25. The van der Waals surface area contributed by atoms with E-state index >= 15 is 0 Å². The largest absolute Gasteiger partial charge is 1.00 e. The second kappa shape index (κ2) is 20.0. The predicted molar refractivity (Wildman–Crippen MR) is 31.8 cm³/mol. The number of aliphatic hydroxyl groups is 1. The Hall–Kier alpha value is 3.57. The Morgan fingerprint density at radius 3 is 1.42 bits per heavy atom. The molecule has 10 heteroatoms. The van der Waals surface area contributed by atoms with Crippen LogP contribution in [-0.2, 0) is 13.4 Å². The van der Waals surface area contributed by atoms with E-state index in [0.717, 1.165) is 0 Å². The van der Waals surface area contributed by atoms with Crippen LogP contribution in [0.15, 0.2) is 0 Å². The van der Waals surface area contributed by atoms with E-state index in [1.165, 1.54) is 0 Å². The van der Waals surface area contributed by atoms with Gasteiger partial charge < -0.3 is 24.0 Å². The summed E-state index contributed by atoms with van der Waals surface area (Å²) >= 11 is 0. The summed E-state index contributed by atoms with van der Waals surface area (Å²) in [6, 6.07) is 0. The van der Waals surface area contributed by atoms with Crippen molar-refractivity contribution >= 4 is 16.5 Å². The molecule has 0 rings (SSSR count). The molecule has 0 heterocycles. The first kappa shape index (κ1) is 24.7. The zero-order valence-corrected chi connectivity index (χ0v) is 15.4. The molecule has 0 radical (unpaired) electrons. The van der Waals surface area contributed by atoms with E-state index < -0.39 is 16.5 Å². The van der Waals surface area contributed by atoms with Crippen LogP contribution in [-0.4, -0.2) is 11.7 Å². The Bertz CT molecular complexity index is 108. The average Bonchev–Trinajstić information content (AvgIpc) is 1.62. The van der Waals surface area contributed by atoms with Gasteiger partial charge in [-0.2, -0.15) is 0 Å². The topological polar surface area (TPSA) is 110 Å². The van der Waals surface area contributed by atoms with E-state index in [2.05, 4.69) is 4.31 Å². The van der Waals surface area contributed by atoms with Crippen LogP contribution in [0.1, 0.15) is 6.92 Å². The first-order valence-corrected chi connectivity index (χ1v) is 4.70. The molecular formula is C2H8K2O6P2. The van der Waals surface area contributed by atoms with Crippen molar-refractivity contribution in [3.05, 3.63) is 0 Å². The van der Waals surface area contributed by atoms with Gasteiger partial charge in [-0.05, 0) is 6.92 Å². The van der Waals surface area contributed by atoms with Crippen molar-refractivity contribution in [3.8, 4) is 0 Å². The van der Waals surface area contributed by atoms with Gasteiger partial charge in [0.05, 0.1) is 0 Å². The van der Waals surface area contributed by atoms with E-state index in [1.54, 1.807) is 6.92 Å². The maximum Gasteiger partial charge on any atom is 1.00 e. The Balaban J connectivity index is -0.0000000569. The Kier molecular flexibility index (Phi) is 41.2. The number of hydrogen-bond donors (Lipinski definition) is 1. The third-order valence-corrected chi connectivity index (χ3v) is 1.50. The molecule has 1 N–H and O–H groups in total. The van der Waals surface area contributed by atoms with Crippen molar-refractivity contribution in [1.82, 2.24) is 0 Å². The summed E-state index contributed by atoms with van der Waals surface area (Å²) < 4.78 is 21.8. The van der Waals surface area contributed by atoms with Gasteiger partial charge in [-0.1, -0.05) is 0 Å². The molecular weight excluding hydrogens is 260 g/mol. The van der Waals surface area contributed by atoms with Crippen LogP contribution in [0.4, 0.5) is 0 Å². The molecule has 0 aliphatic heterocycles. The van der Waals surface area contributed by atoms with Gasteiger partial charge >= 0.3 is 103 Å². The molecule has 6 nitrogen and oxygen atoms in total. The molecule has 0 amide bonds. The molecule has 0 aromatic heterocycles. The van der Waals surface area contributed by atoms with Crippen molar-refractivity contribution in [3.63, 3.8) is 0 Å². The van der Waals surface area contributed by atoms with E-state index in [9.17, 15) is 18.9 Å². The number of hydrogen-bond acceptors (Lipinski definition) is 6. The summed E-state index contributed by atoms with van der Waals surface area (Å²) in [6.07, 6.45) is 0. The van der Waals surface area contributed by atoms with Gasteiger partial charge in [0, 0.05) is 6.61 Å². The van der Waals surface area contributed by atoms with Crippen LogP contribution >= 0.6 is 16.5 Å². The van der Waals surface area contributed by atoms with Crippen molar-refractivity contribution in [2.75, 3.05) is 6.61 Å². The molecule has 0 saturated heterocycles. The molecule has 2 atom stereocenters. The zero-order chi connectivity index (χ0) is 8.57. The molecule has 0 aromatic rings. The molecule has 0 spiro atoms. The summed E-state index contributed by atoms with van der Waals surface area (Å²) in [7, 11) is -7.03. The Labute approximate surface area is 157 Å². The van der Waals surface area contributed by atoms with Crippen LogP contribution in [0.2, 0.25) is 0 Å². The second-order valence-corrected chi connectivity index (χ2v) is 2.73. The second-order valence-electron chi connectivity index (χ2n) is 0.918. The van der Waals surface area contributed by atoms with Gasteiger partial charge in [0.2, 0.25) is 0 Å². The monoisotopic (exact) mass is 268 g/mol. The van der Waals surface area contributed by atoms with E-state index in [-0.39, 0.29) is 109 Å². The summed E-state index contributed by atoms with van der Waals surface area (Å²) in [5, 5.41) is 7.57. The molecule has 2 unspecified atom stereocenters. The van der Waals surface area contributed by atoms with E-state index in [1.807, 2.05) is 0 Å². The number of aliphatic hydroxyl groups excluding tert-OH is 1. The van der Waals surface area contributed by atoms with Crippen LogP contribution in [0.5, 0.6) is 0 Å². The third-order valence-electron chi connectivity index (χ3n) is 0.167. The number of rotatable bonds is 2. The van der Waals surface area contributed by atoms with Crippen LogP contribution in [0.25, 0.3) is 0 Å². The quantitative estimate of drug-likeness (QED) is 0.393. The van der Waals surface area contributed by atoms with Gasteiger partial charge in [-0.15, -0.1) is 0 Å². The molecule has 0 bridgehead atoms. The summed E-state index contributed by atoms with van der Waals surface area (Å²) in [5.41, 5.74) is 0. The Morgan fingerprint density at radius 1 is 1.25 bits per heavy atom. The van der Waals surface area contributed by atoms with Crippen LogP contribution in [0, 0.1) is 0 Å². The molecule has 0 aliphatic rings. The maximum absolute atomic E-state index is 9.29. The molecule has 12 heavy (non-hydrogen) atoms. The van der Waals surface area contributed by atoms with Gasteiger partial charge in [0.25, 0.3) is 0 Å². The van der Waals surface area contributed by atoms with Crippen LogP contribution < -0.4 is 113 Å². The van der Waals surface area contributed by atoms with Gasteiger partial charge in [0.1, 0.15) is 16.5 Å². The molecule has 64 valence electrons.